The van der Waals surface area contributed by atoms with Gasteiger partial charge in [-0.05, 0) is 22.2 Å². The van der Waals surface area contributed by atoms with E-state index in [9.17, 15) is 0 Å². The van der Waals surface area contributed by atoms with Crippen LogP contribution in [0.1, 0.15) is 62.3 Å². The zero-order valence-electron chi connectivity index (χ0n) is 12.2. The van der Waals surface area contributed by atoms with Crippen LogP contribution in [0.25, 0.3) is 0 Å². The minimum atomic E-state index is 0.152. The van der Waals surface area contributed by atoms with E-state index in [1.807, 2.05) is 0 Å². The van der Waals surface area contributed by atoms with Crippen LogP contribution in [0, 0.1) is 22.2 Å². The van der Waals surface area contributed by atoms with E-state index in [0.717, 1.165) is 0 Å². The van der Waals surface area contributed by atoms with Gasteiger partial charge in [0.1, 0.15) is 0 Å². The molecule has 0 aromatic rings. The van der Waals surface area contributed by atoms with Crippen LogP contribution in [-0.4, -0.2) is 7.85 Å². The van der Waals surface area contributed by atoms with Crippen molar-refractivity contribution in [2.45, 2.75) is 68.1 Å². The summed E-state index contributed by atoms with van der Waals surface area (Å²) in [6.45, 7) is 20.5. The molecule has 0 nitrogen and oxygen atoms in total. The van der Waals surface area contributed by atoms with Gasteiger partial charge in [-0.25, -0.2) is 0 Å². The third-order valence-electron chi connectivity index (χ3n) is 4.67. The van der Waals surface area contributed by atoms with Crippen LogP contribution in [0.3, 0.4) is 0 Å². The molecule has 88 valence electrons. The SMILES string of the molecule is [B]C(C(C)C(C)(C)C)C(C)(C)C(C)(C)C. The predicted molar refractivity (Wildman–Crippen MR) is 71.4 cm³/mol. The summed E-state index contributed by atoms with van der Waals surface area (Å²) in [6.07, 6.45) is 0. The molecule has 0 aromatic heterocycles. The summed E-state index contributed by atoms with van der Waals surface area (Å²) < 4.78 is 0. The Morgan fingerprint density at radius 3 is 1.33 bits per heavy atom. The van der Waals surface area contributed by atoms with E-state index in [4.69, 9.17) is 7.85 Å². The summed E-state index contributed by atoms with van der Waals surface area (Å²) >= 11 is 0. The van der Waals surface area contributed by atoms with Crippen molar-refractivity contribution < 1.29 is 0 Å². The topological polar surface area (TPSA) is 0 Å². The zero-order valence-corrected chi connectivity index (χ0v) is 12.2. The Morgan fingerprint density at radius 1 is 0.800 bits per heavy atom. The summed E-state index contributed by atoms with van der Waals surface area (Å²) in [5.74, 6) is 0.754. The van der Waals surface area contributed by atoms with Crippen molar-refractivity contribution in [2.24, 2.45) is 22.2 Å². The van der Waals surface area contributed by atoms with Gasteiger partial charge in [-0.2, -0.15) is 0 Å². The van der Waals surface area contributed by atoms with E-state index in [1.165, 1.54) is 0 Å². The highest BCUT2D eigenvalue weighted by atomic mass is 14.4. The summed E-state index contributed by atoms with van der Waals surface area (Å²) in [5, 5.41) is 0. The van der Waals surface area contributed by atoms with Gasteiger partial charge in [0.2, 0.25) is 0 Å². The fourth-order valence-electron chi connectivity index (χ4n) is 1.66. The van der Waals surface area contributed by atoms with Gasteiger partial charge in [-0.15, -0.1) is 0 Å². The lowest BCUT2D eigenvalue weighted by Gasteiger charge is -2.49. The van der Waals surface area contributed by atoms with Crippen molar-refractivity contribution in [1.82, 2.24) is 0 Å². The molecular formula is C14H29B. The normalized spacial score (nSPS) is 18.7. The molecular weight excluding hydrogens is 179 g/mol. The molecule has 0 heterocycles. The Labute approximate surface area is 98.6 Å². The first-order chi connectivity index (χ1) is 6.32. The van der Waals surface area contributed by atoms with Crippen LogP contribution < -0.4 is 0 Å². The fraction of sp³-hybridized carbons (Fsp3) is 1.00. The fourth-order valence-corrected chi connectivity index (χ4v) is 1.66. The molecule has 0 rings (SSSR count). The molecule has 0 spiro atoms. The maximum Gasteiger partial charge on any atom is 0.0710 e. The molecule has 1 heteroatoms. The van der Waals surface area contributed by atoms with Crippen LogP contribution in [0.15, 0.2) is 0 Å². The maximum absolute atomic E-state index is 6.47. The van der Waals surface area contributed by atoms with Crippen molar-refractivity contribution in [2.75, 3.05) is 0 Å². The van der Waals surface area contributed by atoms with Gasteiger partial charge in [0.25, 0.3) is 0 Å². The van der Waals surface area contributed by atoms with E-state index in [1.54, 1.807) is 0 Å². The van der Waals surface area contributed by atoms with E-state index >= 15 is 0 Å². The van der Waals surface area contributed by atoms with Crippen LogP contribution in [0.5, 0.6) is 0 Å². The molecule has 0 aliphatic carbocycles. The average Bonchev–Trinajstić information content (AvgIpc) is 1.97. The van der Waals surface area contributed by atoms with Gasteiger partial charge in [-0.1, -0.05) is 68.1 Å². The second-order valence-electron chi connectivity index (χ2n) is 7.65. The minimum absolute atomic E-state index is 0.152. The third kappa shape index (κ3) is 3.26. The molecule has 2 radical (unpaired) electrons. The van der Waals surface area contributed by atoms with Crippen LogP contribution in [0.2, 0.25) is 5.82 Å². The maximum atomic E-state index is 6.47. The highest BCUT2D eigenvalue weighted by Gasteiger charge is 2.41. The number of hydrogen-bond acceptors (Lipinski definition) is 0. The summed E-state index contributed by atoms with van der Waals surface area (Å²) in [6, 6.07) is 0. The number of hydrogen-bond donors (Lipinski definition) is 0. The van der Waals surface area contributed by atoms with E-state index in [0.29, 0.717) is 5.92 Å². The molecule has 0 fully saturated rings. The average molecular weight is 208 g/mol. The zero-order chi connectivity index (χ0) is 12.7. The minimum Gasteiger partial charge on any atom is -0.0688 e. The quantitative estimate of drug-likeness (QED) is 0.577. The molecule has 0 aliphatic rings. The van der Waals surface area contributed by atoms with Crippen LogP contribution in [0.4, 0.5) is 0 Å². The van der Waals surface area contributed by atoms with E-state index < -0.39 is 0 Å². The highest BCUT2D eigenvalue weighted by Crippen LogP contribution is 2.52. The van der Waals surface area contributed by atoms with Crippen LogP contribution >= 0.6 is 0 Å². The lowest BCUT2D eigenvalue weighted by Crippen LogP contribution is -2.40. The molecule has 2 atom stereocenters. The first-order valence-electron chi connectivity index (χ1n) is 6.07. The Morgan fingerprint density at radius 2 is 1.13 bits per heavy atom. The lowest BCUT2D eigenvalue weighted by molar-refractivity contribution is 0.0698. The van der Waals surface area contributed by atoms with Crippen molar-refractivity contribution in [3.05, 3.63) is 0 Å². The first-order valence-corrected chi connectivity index (χ1v) is 6.07. The monoisotopic (exact) mass is 208 g/mol. The highest BCUT2D eigenvalue weighted by molar-refractivity contribution is 6.12. The molecule has 0 aliphatic heterocycles. The smallest absolute Gasteiger partial charge is 0.0688 e. The van der Waals surface area contributed by atoms with Crippen LogP contribution in [-0.2, 0) is 0 Å². The predicted octanol–water partition coefficient (Wildman–Crippen LogP) is 4.70. The van der Waals surface area contributed by atoms with Gasteiger partial charge in [0.05, 0.1) is 7.85 Å². The van der Waals surface area contributed by atoms with Crippen molar-refractivity contribution in [3.8, 4) is 0 Å². The van der Waals surface area contributed by atoms with Crippen molar-refractivity contribution >= 4 is 7.85 Å². The molecule has 2 unspecified atom stereocenters. The van der Waals surface area contributed by atoms with Gasteiger partial charge < -0.3 is 0 Å². The molecule has 0 amide bonds. The number of rotatable bonds is 2. The van der Waals surface area contributed by atoms with Gasteiger partial charge >= 0.3 is 0 Å². The second-order valence-corrected chi connectivity index (χ2v) is 7.65. The van der Waals surface area contributed by atoms with Crippen molar-refractivity contribution in [1.29, 1.82) is 0 Å². The standard InChI is InChI=1S/C14H29B/c1-10(12(2,3)4)11(15)14(8,9)13(5,6)7/h10-11H,1-9H3. The summed E-state index contributed by atoms with van der Waals surface area (Å²) in [7, 11) is 6.47. The molecule has 0 bridgehead atoms. The third-order valence-corrected chi connectivity index (χ3v) is 4.67. The molecule has 0 saturated carbocycles. The largest absolute Gasteiger partial charge is 0.0710 e. The summed E-state index contributed by atoms with van der Waals surface area (Å²) in [4.78, 5) is 0. The van der Waals surface area contributed by atoms with Gasteiger partial charge in [-0.3, -0.25) is 0 Å². The lowest BCUT2D eigenvalue weighted by atomic mass is 9.49. The molecule has 0 N–H and O–H groups in total. The first kappa shape index (κ1) is 15.1. The van der Waals surface area contributed by atoms with Gasteiger partial charge in [0.15, 0.2) is 0 Å². The Hall–Kier alpha value is 0.0649. The van der Waals surface area contributed by atoms with Crippen molar-refractivity contribution in [3.63, 3.8) is 0 Å². The van der Waals surface area contributed by atoms with E-state index in [-0.39, 0.29) is 22.1 Å². The molecule has 0 aromatic carbocycles. The molecule has 15 heavy (non-hydrogen) atoms. The second kappa shape index (κ2) is 4.15. The Balaban J connectivity index is 4.94. The van der Waals surface area contributed by atoms with Gasteiger partial charge in [0, 0.05) is 0 Å². The Bertz CT molecular complexity index is 202. The van der Waals surface area contributed by atoms with E-state index in [2.05, 4.69) is 62.3 Å². The molecule has 0 saturated heterocycles. The Kier molecular flexibility index (Phi) is 4.16. The summed E-state index contributed by atoms with van der Waals surface area (Å²) in [5.41, 5.74) is 0.674.